The lowest BCUT2D eigenvalue weighted by molar-refractivity contribution is -0.925. The van der Waals surface area contributed by atoms with Gasteiger partial charge in [-0.05, 0) is 79.1 Å². The van der Waals surface area contributed by atoms with Crippen molar-refractivity contribution in [3.8, 4) is 0 Å². The fourth-order valence-corrected chi connectivity index (χ4v) is 6.56. The Morgan fingerprint density at radius 1 is 0.310 bits per heavy atom. The van der Waals surface area contributed by atoms with Crippen molar-refractivity contribution in [3.63, 3.8) is 0 Å². The first-order chi connectivity index (χ1) is 19.5. The molecule has 0 spiro atoms. The molecule has 0 aliphatic rings. The van der Waals surface area contributed by atoms with Crippen molar-refractivity contribution in [1.82, 2.24) is 0 Å². The summed E-state index contributed by atoms with van der Waals surface area (Å²) < 4.78 is 2.62. The molecule has 0 amide bonds. The summed E-state index contributed by atoms with van der Waals surface area (Å²) in [5, 5.41) is 0. The minimum absolute atomic E-state index is 0. The van der Waals surface area contributed by atoms with E-state index in [-0.39, 0.29) is 34.0 Å². The number of halogens is 4. The smallest absolute Gasteiger partial charge is 0.0786 e. The third-order valence-electron chi connectivity index (χ3n) is 9.69. The van der Waals surface area contributed by atoms with E-state index in [1.165, 1.54) is 190 Å². The summed E-state index contributed by atoms with van der Waals surface area (Å²) >= 11 is 11.6. The number of unbranched alkanes of at least 4 members (excludes halogenated alkanes) is 16. The standard InChI is InChI=1S/2C18H39ClN.2BrH/c2*1-4-7-8-9-10-11-12-14-17-20(5-2,6-3)18-15-13-16-19;;/h2*4-18H2,1-3H3;2*1H/q2*+1;;/p-2. The van der Waals surface area contributed by atoms with Crippen molar-refractivity contribution in [1.29, 1.82) is 0 Å². The molecule has 0 heterocycles. The molecule has 0 atom stereocenters. The lowest BCUT2D eigenvalue weighted by Crippen LogP contribution is -3.00. The summed E-state index contributed by atoms with van der Waals surface area (Å²) in [4.78, 5) is 0. The molecule has 2 nitrogen and oxygen atoms in total. The maximum Gasteiger partial charge on any atom is 0.0786 e. The minimum atomic E-state index is 0. The van der Waals surface area contributed by atoms with E-state index in [1.54, 1.807) is 0 Å². The van der Waals surface area contributed by atoms with Gasteiger partial charge in [0.2, 0.25) is 0 Å². The predicted molar refractivity (Wildman–Crippen MR) is 187 cm³/mol. The summed E-state index contributed by atoms with van der Waals surface area (Å²) in [6.45, 7) is 24.6. The third-order valence-corrected chi connectivity index (χ3v) is 10.2. The van der Waals surface area contributed by atoms with Crippen molar-refractivity contribution in [2.75, 3.05) is 64.1 Å². The molecule has 42 heavy (non-hydrogen) atoms. The molecule has 0 aromatic heterocycles. The van der Waals surface area contributed by atoms with E-state index in [4.69, 9.17) is 23.2 Å². The van der Waals surface area contributed by atoms with E-state index >= 15 is 0 Å². The van der Waals surface area contributed by atoms with Crippen LogP contribution in [0.15, 0.2) is 0 Å². The molecular weight excluding hydrogens is 691 g/mol. The van der Waals surface area contributed by atoms with Gasteiger partial charge in [0.1, 0.15) is 0 Å². The molecule has 0 saturated heterocycles. The molecule has 6 heteroatoms. The Balaban J connectivity index is -0.000000328. The Bertz CT molecular complexity index is 433. The van der Waals surface area contributed by atoms with Crippen LogP contribution in [0.5, 0.6) is 0 Å². The van der Waals surface area contributed by atoms with Crippen LogP contribution in [0, 0.1) is 0 Å². The highest BCUT2D eigenvalue weighted by Gasteiger charge is 2.22. The first-order valence-electron chi connectivity index (χ1n) is 18.3. The molecule has 0 unspecified atom stereocenters. The van der Waals surface area contributed by atoms with Gasteiger partial charge in [0, 0.05) is 11.8 Å². The van der Waals surface area contributed by atoms with E-state index in [1.807, 2.05) is 0 Å². The van der Waals surface area contributed by atoms with Gasteiger partial charge in [-0.15, -0.1) is 23.2 Å². The lowest BCUT2D eigenvalue weighted by Gasteiger charge is -2.37. The van der Waals surface area contributed by atoms with Crippen LogP contribution in [-0.4, -0.2) is 73.1 Å². The number of quaternary nitrogens is 2. The first-order valence-corrected chi connectivity index (χ1v) is 19.4. The summed E-state index contributed by atoms with van der Waals surface area (Å²) in [6.07, 6.45) is 27.8. The molecule has 0 N–H and O–H groups in total. The van der Waals surface area contributed by atoms with Crippen LogP contribution in [0.25, 0.3) is 0 Å². The van der Waals surface area contributed by atoms with E-state index < -0.39 is 0 Å². The quantitative estimate of drug-likeness (QED) is 0.0478. The Hall–Kier alpha value is 1.46. The van der Waals surface area contributed by atoms with Crippen molar-refractivity contribution in [2.45, 2.75) is 170 Å². The Morgan fingerprint density at radius 2 is 0.524 bits per heavy atom. The SMILES string of the molecule is CCCCCCCCCC[N+](CC)(CC)CCCCCl.CCCCCCCCCC[N+](CC)(CC)CCCCCl.[Br-].[Br-]. The van der Waals surface area contributed by atoms with Gasteiger partial charge in [-0.2, -0.15) is 0 Å². The maximum absolute atomic E-state index is 5.81. The molecule has 0 fully saturated rings. The van der Waals surface area contributed by atoms with Crippen molar-refractivity contribution < 1.29 is 42.9 Å². The molecule has 0 aromatic rings. The zero-order valence-corrected chi connectivity index (χ0v) is 34.3. The second-order valence-electron chi connectivity index (χ2n) is 12.6. The van der Waals surface area contributed by atoms with Gasteiger partial charge in [-0.25, -0.2) is 0 Å². The van der Waals surface area contributed by atoms with E-state index in [2.05, 4.69) is 41.5 Å². The summed E-state index contributed by atoms with van der Waals surface area (Å²) in [7, 11) is 0. The van der Waals surface area contributed by atoms with Crippen molar-refractivity contribution in [3.05, 3.63) is 0 Å². The normalized spacial score (nSPS) is 11.4. The van der Waals surface area contributed by atoms with Crippen LogP contribution in [0.2, 0.25) is 0 Å². The molecule has 0 aliphatic carbocycles. The fraction of sp³-hybridized carbons (Fsp3) is 1.00. The van der Waals surface area contributed by atoms with Crippen molar-refractivity contribution in [2.24, 2.45) is 0 Å². The van der Waals surface area contributed by atoms with Crippen LogP contribution in [0.4, 0.5) is 0 Å². The minimum Gasteiger partial charge on any atom is -1.00 e. The zero-order chi connectivity index (χ0) is 30.2. The second-order valence-corrected chi connectivity index (χ2v) is 13.3. The zero-order valence-electron chi connectivity index (χ0n) is 29.6. The molecule has 0 radical (unpaired) electrons. The number of hydrogen-bond donors (Lipinski definition) is 0. The largest absolute Gasteiger partial charge is 1.00 e. The Labute approximate surface area is 298 Å². The van der Waals surface area contributed by atoms with E-state index in [0.717, 1.165) is 11.8 Å². The molecule has 0 saturated carbocycles. The highest BCUT2D eigenvalue weighted by Crippen LogP contribution is 2.16. The molecular formula is C36H78Br2Cl2N2. The molecule has 260 valence electrons. The van der Waals surface area contributed by atoms with Gasteiger partial charge in [-0.1, -0.05) is 90.9 Å². The van der Waals surface area contributed by atoms with Gasteiger partial charge in [-0.3, -0.25) is 0 Å². The number of alkyl halides is 2. The van der Waals surface area contributed by atoms with E-state index in [9.17, 15) is 0 Å². The number of rotatable bonds is 30. The van der Waals surface area contributed by atoms with Gasteiger partial charge in [0.15, 0.2) is 0 Å². The summed E-state index contributed by atoms with van der Waals surface area (Å²) in [6, 6.07) is 0. The molecule has 0 aromatic carbocycles. The summed E-state index contributed by atoms with van der Waals surface area (Å²) in [5.74, 6) is 1.65. The topological polar surface area (TPSA) is 0 Å². The van der Waals surface area contributed by atoms with E-state index in [0.29, 0.717) is 0 Å². The average Bonchev–Trinajstić information content (AvgIpc) is 2.98. The Kier molecular flexibility index (Phi) is 46.3. The fourth-order valence-electron chi connectivity index (χ4n) is 6.18. The van der Waals surface area contributed by atoms with Crippen LogP contribution < -0.4 is 34.0 Å². The van der Waals surface area contributed by atoms with Crippen LogP contribution in [-0.2, 0) is 0 Å². The average molecular weight is 770 g/mol. The predicted octanol–water partition coefficient (Wildman–Crippen LogP) is 6.01. The third kappa shape index (κ3) is 30.1. The highest BCUT2D eigenvalue weighted by atomic mass is 79.9. The van der Waals surface area contributed by atoms with Crippen molar-refractivity contribution >= 4 is 23.2 Å². The molecule has 0 aliphatic heterocycles. The summed E-state index contributed by atoms with van der Waals surface area (Å²) in [5.41, 5.74) is 0. The van der Waals surface area contributed by atoms with Crippen LogP contribution >= 0.6 is 23.2 Å². The Morgan fingerprint density at radius 3 is 0.738 bits per heavy atom. The van der Waals surface area contributed by atoms with Crippen LogP contribution in [0.3, 0.4) is 0 Å². The second kappa shape index (κ2) is 38.6. The molecule has 0 bridgehead atoms. The molecule has 0 rings (SSSR count). The maximum atomic E-state index is 5.81. The lowest BCUT2D eigenvalue weighted by atomic mass is 10.1. The number of hydrogen-bond acceptors (Lipinski definition) is 0. The number of nitrogens with zero attached hydrogens (tertiary/aromatic N) is 2. The van der Waals surface area contributed by atoms with Gasteiger partial charge in [0.05, 0.1) is 52.4 Å². The monoisotopic (exact) mass is 766 g/mol. The van der Waals surface area contributed by atoms with Gasteiger partial charge >= 0.3 is 0 Å². The highest BCUT2D eigenvalue weighted by molar-refractivity contribution is 6.18. The van der Waals surface area contributed by atoms with Gasteiger partial charge in [0.25, 0.3) is 0 Å². The van der Waals surface area contributed by atoms with Crippen LogP contribution in [0.1, 0.15) is 170 Å². The van der Waals surface area contributed by atoms with Gasteiger partial charge < -0.3 is 42.9 Å². The first kappa shape index (κ1) is 50.3.